The minimum absolute atomic E-state index is 0.0272. The number of methoxy groups -OCH3 is 1. The van der Waals surface area contributed by atoms with Gasteiger partial charge in [0.05, 0.1) is 18.7 Å². The number of hydrogen-bond donors (Lipinski definition) is 1. The highest BCUT2D eigenvalue weighted by molar-refractivity contribution is 7.89. The third-order valence-electron chi connectivity index (χ3n) is 4.63. The standard InChI is InChI=1S/C19H20F2N2O4S/c1-27-17-9-8-14(20)11-18(17)28(25,26)23-10-4-5-13(12-23)19(24)22-16-7-3-2-6-15(16)21/h2-3,6-9,11,13H,4-5,10,12H2,1H3,(H,22,24)/t13-/m0/s1. The Morgan fingerprint density at radius 1 is 1.21 bits per heavy atom. The molecular weight excluding hydrogens is 390 g/mol. The number of anilines is 1. The fourth-order valence-corrected chi connectivity index (χ4v) is 4.85. The van der Waals surface area contributed by atoms with E-state index >= 15 is 0 Å². The van der Waals surface area contributed by atoms with Crippen molar-refractivity contribution in [2.75, 3.05) is 25.5 Å². The van der Waals surface area contributed by atoms with E-state index in [2.05, 4.69) is 5.32 Å². The lowest BCUT2D eigenvalue weighted by molar-refractivity contribution is -0.120. The van der Waals surface area contributed by atoms with E-state index in [9.17, 15) is 22.0 Å². The lowest BCUT2D eigenvalue weighted by atomic mass is 9.98. The van der Waals surface area contributed by atoms with Crippen LogP contribution in [0.1, 0.15) is 12.8 Å². The van der Waals surface area contributed by atoms with Crippen LogP contribution in [0.4, 0.5) is 14.5 Å². The van der Waals surface area contributed by atoms with Gasteiger partial charge < -0.3 is 10.1 Å². The zero-order valence-electron chi connectivity index (χ0n) is 15.2. The molecule has 0 spiro atoms. The van der Waals surface area contributed by atoms with Crippen molar-refractivity contribution in [3.05, 3.63) is 54.1 Å². The summed E-state index contributed by atoms with van der Waals surface area (Å²) in [7, 11) is -2.76. The number of nitrogens with zero attached hydrogens (tertiary/aromatic N) is 1. The molecule has 9 heteroatoms. The Balaban J connectivity index is 1.80. The summed E-state index contributed by atoms with van der Waals surface area (Å²) in [6, 6.07) is 9.01. The minimum Gasteiger partial charge on any atom is -0.495 e. The summed E-state index contributed by atoms with van der Waals surface area (Å²) in [6.07, 6.45) is 0.915. The molecule has 0 radical (unpaired) electrons. The van der Waals surface area contributed by atoms with Gasteiger partial charge in [0.2, 0.25) is 15.9 Å². The molecule has 1 fully saturated rings. The molecule has 28 heavy (non-hydrogen) atoms. The molecule has 1 saturated heterocycles. The van der Waals surface area contributed by atoms with Crippen LogP contribution in [0, 0.1) is 17.6 Å². The minimum atomic E-state index is -4.06. The van der Waals surface area contributed by atoms with Gasteiger partial charge in [0.25, 0.3) is 0 Å². The number of hydrogen-bond acceptors (Lipinski definition) is 4. The summed E-state index contributed by atoms with van der Waals surface area (Å²) < 4.78 is 59.5. The predicted molar refractivity (Wildman–Crippen MR) is 99.5 cm³/mol. The van der Waals surface area contributed by atoms with Crippen LogP contribution in [0.5, 0.6) is 5.75 Å². The highest BCUT2D eigenvalue weighted by atomic mass is 32.2. The van der Waals surface area contributed by atoms with Gasteiger partial charge >= 0.3 is 0 Å². The summed E-state index contributed by atoms with van der Waals surface area (Å²) >= 11 is 0. The quantitative estimate of drug-likeness (QED) is 0.822. The fraction of sp³-hybridized carbons (Fsp3) is 0.316. The number of sulfonamides is 1. The highest BCUT2D eigenvalue weighted by Crippen LogP contribution is 2.30. The largest absolute Gasteiger partial charge is 0.495 e. The van der Waals surface area contributed by atoms with Crippen LogP contribution in [-0.2, 0) is 14.8 Å². The molecule has 2 aromatic rings. The van der Waals surface area contributed by atoms with Gasteiger partial charge in [-0.25, -0.2) is 17.2 Å². The molecule has 3 rings (SSSR count). The molecule has 6 nitrogen and oxygen atoms in total. The van der Waals surface area contributed by atoms with E-state index in [0.29, 0.717) is 12.8 Å². The van der Waals surface area contributed by atoms with Crippen LogP contribution >= 0.6 is 0 Å². The first-order valence-electron chi connectivity index (χ1n) is 8.72. The maximum atomic E-state index is 13.8. The molecule has 1 atom stereocenters. The van der Waals surface area contributed by atoms with E-state index in [1.165, 1.54) is 31.4 Å². The number of ether oxygens (including phenoxy) is 1. The van der Waals surface area contributed by atoms with Gasteiger partial charge in [-0.1, -0.05) is 12.1 Å². The molecule has 0 aromatic heterocycles. The average molecular weight is 410 g/mol. The number of nitrogens with one attached hydrogen (secondary N) is 1. The maximum absolute atomic E-state index is 13.8. The van der Waals surface area contributed by atoms with Gasteiger partial charge in [-0.3, -0.25) is 4.79 Å². The van der Waals surface area contributed by atoms with E-state index in [1.54, 1.807) is 6.07 Å². The monoisotopic (exact) mass is 410 g/mol. The van der Waals surface area contributed by atoms with Crippen LogP contribution in [0.15, 0.2) is 47.4 Å². The molecular formula is C19H20F2N2O4S. The van der Waals surface area contributed by atoms with Crippen LogP contribution in [0.2, 0.25) is 0 Å². The Morgan fingerprint density at radius 2 is 1.96 bits per heavy atom. The first kappa shape index (κ1) is 20.2. The molecule has 1 aliphatic rings. The summed E-state index contributed by atoms with van der Waals surface area (Å²) in [4.78, 5) is 12.2. The number of benzene rings is 2. The number of halogens is 2. The number of para-hydroxylation sites is 1. The first-order valence-corrected chi connectivity index (χ1v) is 10.2. The van der Waals surface area contributed by atoms with E-state index in [-0.39, 0.29) is 29.4 Å². The SMILES string of the molecule is COc1ccc(F)cc1S(=O)(=O)N1CCC[C@H](C(=O)Nc2ccccc2F)C1. The van der Waals surface area contributed by atoms with Gasteiger partial charge in [-0.2, -0.15) is 4.31 Å². The van der Waals surface area contributed by atoms with Crippen molar-refractivity contribution < 1.29 is 26.7 Å². The molecule has 0 unspecified atom stereocenters. The van der Waals surface area contributed by atoms with Crippen LogP contribution in [0.3, 0.4) is 0 Å². The fourth-order valence-electron chi connectivity index (χ4n) is 3.16. The molecule has 0 saturated carbocycles. The Morgan fingerprint density at radius 3 is 2.68 bits per heavy atom. The topological polar surface area (TPSA) is 75.7 Å². The van der Waals surface area contributed by atoms with Gasteiger partial charge in [0, 0.05) is 13.1 Å². The van der Waals surface area contributed by atoms with E-state index in [4.69, 9.17) is 4.74 Å². The predicted octanol–water partition coefficient (Wildman–Crippen LogP) is 3.01. The lowest BCUT2D eigenvalue weighted by Gasteiger charge is -2.31. The summed E-state index contributed by atoms with van der Waals surface area (Å²) in [5.74, 6) is -2.36. The number of rotatable bonds is 5. The third-order valence-corrected chi connectivity index (χ3v) is 6.52. The first-order chi connectivity index (χ1) is 13.3. The highest BCUT2D eigenvalue weighted by Gasteiger charge is 2.35. The molecule has 1 aliphatic heterocycles. The Bertz CT molecular complexity index is 982. The Labute approximate surface area is 162 Å². The van der Waals surface area contributed by atoms with Gasteiger partial charge in [-0.15, -0.1) is 0 Å². The average Bonchev–Trinajstić information content (AvgIpc) is 2.69. The van der Waals surface area contributed by atoms with E-state index in [0.717, 1.165) is 16.4 Å². The zero-order valence-corrected chi connectivity index (χ0v) is 16.0. The zero-order chi connectivity index (χ0) is 20.3. The maximum Gasteiger partial charge on any atom is 0.246 e. The van der Waals surface area contributed by atoms with Crippen molar-refractivity contribution in [2.24, 2.45) is 5.92 Å². The molecule has 2 aromatic carbocycles. The number of piperidine rings is 1. The van der Waals surface area contributed by atoms with Gasteiger partial charge in [-0.05, 0) is 43.2 Å². The van der Waals surface area contributed by atoms with Crippen molar-refractivity contribution in [1.82, 2.24) is 4.31 Å². The molecule has 0 aliphatic carbocycles. The van der Waals surface area contributed by atoms with E-state index < -0.39 is 33.5 Å². The van der Waals surface area contributed by atoms with Crippen molar-refractivity contribution >= 4 is 21.6 Å². The second-order valence-corrected chi connectivity index (χ2v) is 8.37. The van der Waals surface area contributed by atoms with Crippen molar-refractivity contribution in [3.63, 3.8) is 0 Å². The molecule has 1 amide bonds. The number of amides is 1. The molecule has 1 N–H and O–H groups in total. The van der Waals surface area contributed by atoms with Crippen LogP contribution in [0.25, 0.3) is 0 Å². The van der Waals surface area contributed by atoms with Gasteiger partial charge in [0.15, 0.2) is 0 Å². The Kier molecular flexibility index (Phi) is 5.95. The van der Waals surface area contributed by atoms with Crippen LogP contribution in [-0.4, -0.2) is 38.8 Å². The molecule has 1 heterocycles. The van der Waals surface area contributed by atoms with Crippen molar-refractivity contribution in [1.29, 1.82) is 0 Å². The summed E-state index contributed by atoms with van der Waals surface area (Å²) in [5, 5.41) is 2.50. The van der Waals surface area contributed by atoms with Crippen LogP contribution < -0.4 is 10.1 Å². The van der Waals surface area contributed by atoms with E-state index in [1.807, 2.05) is 0 Å². The Hall–Kier alpha value is -2.52. The lowest BCUT2D eigenvalue weighted by Crippen LogP contribution is -2.43. The number of carbonyl (C=O) groups excluding carboxylic acids is 1. The van der Waals surface area contributed by atoms with Crippen molar-refractivity contribution in [3.8, 4) is 5.75 Å². The molecule has 0 bridgehead atoms. The van der Waals surface area contributed by atoms with Gasteiger partial charge in [0.1, 0.15) is 22.3 Å². The normalized spacial score (nSPS) is 17.9. The summed E-state index contributed by atoms with van der Waals surface area (Å²) in [6.45, 7) is 0.119. The second-order valence-electron chi connectivity index (χ2n) is 6.47. The smallest absolute Gasteiger partial charge is 0.246 e. The number of carbonyl (C=O) groups is 1. The van der Waals surface area contributed by atoms with Crippen molar-refractivity contribution in [2.45, 2.75) is 17.7 Å². The summed E-state index contributed by atoms with van der Waals surface area (Å²) in [5.41, 5.74) is 0.0410. The second kappa shape index (κ2) is 8.24. The third kappa shape index (κ3) is 4.15. The molecule has 150 valence electrons.